The van der Waals surface area contributed by atoms with Gasteiger partial charge in [0.1, 0.15) is 11.1 Å². The third-order valence-corrected chi connectivity index (χ3v) is 6.92. The Bertz CT molecular complexity index is 1330. The van der Waals surface area contributed by atoms with E-state index < -0.39 is 45.1 Å². The first-order valence-corrected chi connectivity index (χ1v) is 10.3. The van der Waals surface area contributed by atoms with Crippen molar-refractivity contribution < 1.29 is 14.4 Å². The summed E-state index contributed by atoms with van der Waals surface area (Å²) < 4.78 is 12.1. The molecule has 0 radical (unpaired) electrons. The number of nitrogens with one attached hydrogen (secondary N) is 1. The minimum atomic E-state index is -2.27. The molecule has 2 aliphatic heterocycles. The minimum Gasteiger partial charge on any atom is -0.443 e. The SMILES string of the molecule is CC1C2(c3cccc(Cl)c3)OC(=N)C1(C#N)C(C#N)(C#N)C(c1ccc(Cl)c([N+](=O)[O-])c1)O2. The van der Waals surface area contributed by atoms with Crippen LogP contribution in [0.2, 0.25) is 10.0 Å². The lowest BCUT2D eigenvalue weighted by Crippen LogP contribution is -2.57. The van der Waals surface area contributed by atoms with Gasteiger partial charge in [-0.25, -0.2) is 0 Å². The molecule has 2 saturated heterocycles. The molecular formula is C22H13Cl2N5O4. The lowest BCUT2D eigenvalue weighted by molar-refractivity contribution is -0.384. The van der Waals surface area contributed by atoms with Crippen molar-refractivity contribution in [2.45, 2.75) is 18.8 Å². The van der Waals surface area contributed by atoms with Gasteiger partial charge in [0.25, 0.3) is 5.69 Å². The second-order valence-electron chi connectivity index (χ2n) is 7.75. The first-order valence-electron chi connectivity index (χ1n) is 9.53. The van der Waals surface area contributed by atoms with E-state index in [4.69, 9.17) is 38.1 Å². The number of nitro benzene ring substituents is 1. The lowest BCUT2D eigenvalue weighted by atomic mass is 9.53. The van der Waals surface area contributed by atoms with Crippen molar-refractivity contribution in [3.63, 3.8) is 0 Å². The Balaban J connectivity index is 2.06. The molecular weight excluding hydrogens is 469 g/mol. The fourth-order valence-corrected chi connectivity index (χ4v) is 5.08. The average Bonchev–Trinajstić information content (AvgIpc) is 2.95. The molecule has 2 aromatic rings. The van der Waals surface area contributed by atoms with Crippen LogP contribution in [0.15, 0.2) is 42.5 Å². The molecule has 0 aliphatic carbocycles. The summed E-state index contributed by atoms with van der Waals surface area (Å²) in [6.07, 6.45) is -1.50. The Morgan fingerprint density at radius 3 is 2.39 bits per heavy atom. The molecule has 11 heteroatoms. The van der Waals surface area contributed by atoms with Crippen LogP contribution >= 0.6 is 23.2 Å². The minimum absolute atomic E-state index is 0.0606. The predicted molar refractivity (Wildman–Crippen MR) is 115 cm³/mol. The zero-order valence-corrected chi connectivity index (χ0v) is 18.4. The Morgan fingerprint density at radius 1 is 1.12 bits per heavy atom. The van der Waals surface area contributed by atoms with Crippen molar-refractivity contribution in [3.05, 3.63) is 73.8 Å². The summed E-state index contributed by atoms with van der Waals surface area (Å²) in [5.41, 5.74) is -4.35. The number of nitro groups is 1. The van der Waals surface area contributed by atoms with E-state index >= 15 is 0 Å². The fraction of sp³-hybridized carbons (Fsp3) is 0.273. The van der Waals surface area contributed by atoms with E-state index in [1.54, 1.807) is 25.1 Å². The van der Waals surface area contributed by atoms with Crippen molar-refractivity contribution >= 4 is 34.8 Å². The van der Waals surface area contributed by atoms with E-state index in [0.717, 1.165) is 6.07 Å². The standard InChI is InChI=1S/C22H13Cl2N5O4/c1-12-21(11-27)19(28)33-22(12,14-3-2-4-15(23)8-14)32-18(20(21,9-25)10-26)13-5-6-16(24)17(7-13)29(30)31/h2-8,12,18,28H,1H3. The number of ether oxygens (including phenoxy) is 2. The highest BCUT2D eigenvalue weighted by Gasteiger charge is 2.79. The summed E-state index contributed by atoms with van der Waals surface area (Å²) in [6, 6.07) is 15.9. The van der Waals surface area contributed by atoms with Gasteiger partial charge in [0, 0.05) is 16.7 Å². The molecule has 4 unspecified atom stereocenters. The zero-order valence-electron chi connectivity index (χ0n) is 16.9. The van der Waals surface area contributed by atoms with E-state index in [9.17, 15) is 25.9 Å². The van der Waals surface area contributed by atoms with E-state index in [1.165, 1.54) is 18.2 Å². The largest absolute Gasteiger partial charge is 0.443 e. The van der Waals surface area contributed by atoms with Gasteiger partial charge >= 0.3 is 0 Å². The molecule has 2 fully saturated rings. The summed E-state index contributed by atoms with van der Waals surface area (Å²) in [4.78, 5) is 10.8. The molecule has 0 spiro atoms. The van der Waals surface area contributed by atoms with Crippen LogP contribution in [0.25, 0.3) is 0 Å². The fourth-order valence-electron chi connectivity index (χ4n) is 4.71. The van der Waals surface area contributed by atoms with Crippen molar-refractivity contribution in [1.82, 2.24) is 0 Å². The summed E-state index contributed by atoms with van der Waals surface area (Å²) in [5, 5.41) is 50.9. The molecule has 0 amide bonds. The summed E-state index contributed by atoms with van der Waals surface area (Å²) >= 11 is 12.1. The van der Waals surface area contributed by atoms with Crippen LogP contribution in [0.1, 0.15) is 24.2 Å². The summed E-state index contributed by atoms with van der Waals surface area (Å²) in [6.45, 7) is 1.55. The predicted octanol–water partition coefficient (Wildman–Crippen LogP) is 5.01. The van der Waals surface area contributed by atoms with Gasteiger partial charge in [-0.2, -0.15) is 15.8 Å². The van der Waals surface area contributed by atoms with Gasteiger partial charge in [0.05, 0.1) is 29.0 Å². The van der Waals surface area contributed by atoms with Crippen LogP contribution in [0.3, 0.4) is 0 Å². The number of rotatable bonds is 3. The summed E-state index contributed by atoms with van der Waals surface area (Å²) in [5.74, 6) is -3.35. The smallest absolute Gasteiger partial charge is 0.288 e. The van der Waals surface area contributed by atoms with Crippen molar-refractivity contribution in [2.75, 3.05) is 0 Å². The highest BCUT2D eigenvalue weighted by molar-refractivity contribution is 6.32. The number of nitriles is 3. The molecule has 4 atom stereocenters. The van der Waals surface area contributed by atoms with Crippen LogP contribution in [0.4, 0.5) is 5.69 Å². The Hall–Kier alpha value is -3.68. The van der Waals surface area contributed by atoms with Gasteiger partial charge in [-0.15, -0.1) is 0 Å². The topological polar surface area (TPSA) is 157 Å². The first kappa shape index (κ1) is 22.5. The molecule has 33 heavy (non-hydrogen) atoms. The highest BCUT2D eigenvalue weighted by atomic mass is 35.5. The lowest BCUT2D eigenvalue weighted by Gasteiger charge is -2.48. The molecule has 2 heterocycles. The van der Waals surface area contributed by atoms with Gasteiger partial charge in [0.2, 0.25) is 17.1 Å². The number of hydrogen-bond acceptors (Lipinski definition) is 8. The number of nitrogens with zero attached hydrogens (tertiary/aromatic N) is 4. The molecule has 2 aliphatic rings. The molecule has 0 saturated carbocycles. The molecule has 2 bridgehead atoms. The van der Waals surface area contributed by atoms with E-state index in [1.807, 2.05) is 18.2 Å². The number of hydrogen-bond donors (Lipinski definition) is 1. The van der Waals surface area contributed by atoms with Gasteiger partial charge in [0.15, 0.2) is 5.41 Å². The van der Waals surface area contributed by atoms with E-state index in [-0.39, 0.29) is 10.6 Å². The molecule has 4 rings (SSSR count). The average molecular weight is 482 g/mol. The molecule has 164 valence electrons. The second-order valence-corrected chi connectivity index (χ2v) is 8.59. The van der Waals surface area contributed by atoms with Crippen molar-refractivity contribution in [2.24, 2.45) is 16.7 Å². The van der Waals surface area contributed by atoms with Crippen LogP contribution in [-0.4, -0.2) is 10.8 Å². The monoisotopic (exact) mass is 481 g/mol. The number of fused-ring (bicyclic) bond motifs is 2. The van der Waals surface area contributed by atoms with Gasteiger partial charge in [-0.1, -0.05) is 48.3 Å². The third kappa shape index (κ3) is 2.70. The number of halogens is 2. The maximum Gasteiger partial charge on any atom is 0.288 e. The normalized spacial score (nSPS) is 29.3. The van der Waals surface area contributed by atoms with E-state index in [0.29, 0.717) is 10.6 Å². The van der Waals surface area contributed by atoms with Crippen LogP contribution in [0.5, 0.6) is 0 Å². The number of benzene rings is 2. The molecule has 9 nitrogen and oxygen atoms in total. The molecule has 1 N–H and O–H groups in total. The van der Waals surface area contributed by atoms with Gasteiger partial charge in [-0.3, -0.25) is 15.5 Å². The van der Waals surface area contributed by atoms with Crippen LogP contribution in [0, 0.1) is 66.3 Å². The van der Waals surface area contributed by atoms with Crippen LogP contribution < -0.4 is 0 Å². The van der Waals surface area contributed by atoms with Gasteiger partial charge < -0.3 is 9.47 Å². The van der Waals surface area contributed by atoms with Crippen molar-refractivity contribution in [3.8, 4) is 18.2 Å². The van der Waals surface area contributed by atoms with E-state index in [2.05, 4.69) is 0 Å². The maximum atomic E-state index is 11.5. The zero-order chi connectivity index (χ0) is 24.2. The maximum absolute atomic E-state index is 11.5. The Labute approximate surface area is 197 Å². The van der Waals surface area contributed by atoms with Crippen LogP contribution in [-0.2, 0) is 15.3 Å². The molecule has 2 aromatic carbocycles. The summed E-state index contributed by atoms with van der Waals surface area (Å²) in [7, 11) is 0. The van der Waals surface area contributed by atoms with Crippen molar-refractivity contribution in [1.29, 1.82) is 21.2 Å². The Kier molecular flexibility index (Phi) is 5.07. The second kappa shape index (κ2) is 7.43. The highest BCUT2D eigenvalue weighted by Crippen LogP contribution is 2.69. The third-order valence-electron chi connectivity index (χ3n) is 6.37. The van der Waals surface area contributed by atoms with Gasteiger partial charge in [-0.05, 0) is 23.8 Å². The quantitative estimate of drug-likeness (QED) is 0.476. The Morgan fingerprint density at radius 2 is 1.82 bits per heavy atom. The molecule has 0 aromatic heterocycles. The first-order chi connectivity index (χ1) is 15.6.